The van der Waals surface area contributed by atoms with Crippen LogP contribution in [0.15, 0.2) is 45.6 Å². The molecule has 0 saturated carbocycles. The topological polar surface area (TPSA) is 64.9 Å². The average molecular weight is 269 g/mol. The van der Waals surface area contributed by atoms with Gasteiger partial charge in [-0.15, -0.1) is 0 Å². The van der Waals surface area contributed by atoms with Crippen molar-refractivity contribution in [1.82, 2.24) is 10.1 Å². The van der Waals surface area contributed by atoms with Crippen LogP contribution in [0, 0.1) is 0 Å². The molecule has 1 aromatic carbocycles. The Kier molecular flexibility index (Phi) is 3.12. The van der Waals surface area contributed by atoms with Crippen molar-refractivity contribution in [1.29, 1.82) is 0 Å². The third-order valence-electron chi connectivity index (χ3n) is 2.58. The second kappa shape index (κ2) is 5.07. The first kappa shape index (κ1) is 11.7. The maximum absolute atomic E-state index is 5.63. The highest BCUT2D eigenvalue weighted by atomic mass is 32.1. The zero-order valence-electron chi connectivity index (χ0n) is 9.98. The highest BCUT2D eigenvalue weighted by molar-refractivity contribution is 7.08. The molecule has 0 aliphatic carbocycles. The first-order valence-electron chi connectivity index (χ1n) is 5.71. The fourth-order valence-corrected chi connectivity index (χ4v) is 2.22. The molecule has 0 atom stereocenters. The van der Waals surface area contributed by atoms with Crippen molar-refractivity contribution in [2.24, 2.45) is 0 Å². The van der Waals surface area contributed by atoms with Crippen LogP contribution >= 0.6 is 11.3 Å². The van der Waals surface area contributed by atoms with Gasteiger partial charge in [-0.1, -0.05) is 17.3 Å². The summed E-state index contributed by atoms with van der Waals surface area (Å²) in [5, 5.41) is 7.90. The summed E-state index contributed by atoms with van der Waals surface area (Å²) >= 11 is 1.60. The van der Waals surface area contributed by atoms with Crippen molar-refractivity contribution in [3.63, 3.8) is 0 Å². The van der Waals surface area contributed by atoms with Crippen molar-refractivity contribution in [2.45, 2.75) is 0 Å². The van der Waals surface area contributed by atoms with Gasteiger partial charge in [0, 0.05) is 22.7 Å². The molecule has 0 fully saturated rings. The summed E-state index contributed by atoms with van der Waals surface area (Å²) in [6.45, 7) is 0. The molecular weight excluding hydrogens is 258 g/mol. The van der Waals surface area contributed by atoms with E-state index in [0.29, 0.717) is 11.7 Å². The molecule has 19 heavy (non-hydrogen) atoms. The first-order valence-corrected chi connectivity index (χ1v) is 6.65. The molecule has 4 nitrogen and oxygen atoms in total. The summed E-state index contributed by atoms with van der Waals surface area (Å²) in [6.07, 6.45) is 3.69. The van der Waals surface area contributed by atoms with Crippen molar-refractivity contribution in [3.05, 3.63) is 52.5 Å². The average Bonchev–Trinajstić information content (AvgIpc) is 3.09. The molecule has 3 aromatic rings. The van der Waals surface area contributed by atoms with Gasteiger partial charge in [0.1, 0.15) is 0 Å². The Hall–Kier alpha value is -2.40. The molecule has 0 aliphatic rings. The summed E-state index contributed by atoms with van der Waals surface area (Å²) in [7, 11) is 0. The van der Waals surface area contributed by atoms with Crippen molar-refractivity contribution in [2.75, 3.05) is 5.73 Å². The van der Waals surface area contributed by atoms with Crippen LogP contribution in [0.1, 0.15) is 11.5 Å². The molecule has 0 spiro atoms. The Morgan fingerprint density at radius 1 is 1.11 bits per heavy atom. The van der Waals surface area contributed by atoms with E-state index in [-0.39, 0.29) is 0 Å². The number of thiophene rings is 1. The zero-order valence-corrected chi connectivity index (χ0v) is 10.8. The summed E-state index contributed by atoms with van der Waals surface area (Å²) in [5.41, 5.74) is 8.38. The summed E-state index contributed by atoms with van der Waals surface area (Å²) < 4.78 is 5.17. The van der Waals surface area contributed by atoms with Crippen LogP contribution in [-0.4, -0.2) is 10.1 Å². The summed E-state index contributed by atoms with van der Waals surface area (Å²) in [5.74, 6) is 1.09. The Labute approximate surface area is 114 Å². The van der Waals surface area contributed by atoms with E-state index in [9.17, 15) is 0 Å². The van der Waals surface area contributed by atoms with Crippen molar-refractivity contribution in [3.8, 4) is 11.4 Å². The van der Waals surface area contributed by atoms with Gasteiger partial charge in [0.2, 0.25) is 5.82 Å². The van der Waals surface area contributed by atoms with Gasteiger partial charge in [0.25, 0.3) is 5.89 Å². The normalized spacial score (nSPS) is 11.2. The van der Waals surface area contributed by atoms with E-state index in [2.05, 4.69) is 10.1 Å². The molecular formula is C14H11N3OS. The van der Waals surface area contributed by atoms with E-state index in [1.165, 1.54) is 0 Å². The molecule has 0 saturated heterocycles. The molecule has 2 N–H and O–H groups in total. The Bertz CT molecular complexity index is 684. The minimum atomic E-state index is 0.484. The Morgan fingerprint density at radius 2 is 1.95 bits per heavy atom. The molecule has 0 bridgehead atoms. The summed E-state index contributed by atoms with van der Waals surface area (Å²) in [6, 6.07) is 9.53. The number of nitrogens with two attached hydrogens (primary N) is 1. The highest BCUT2D eigenvalue weighted by Gasteiger charge is 2.06. The van der Waals surface area contributed by atoms with E-state index in [4.69, 9.17) is 10.3 Å². The Morgan fingerprint density at radius 3 is 2.68 bits per heavy atom. The molecule has 2 aromatic heterocycles. The van der Waals surface area contributed by atoms with Gasteiger partial charge >= 0.3 is 0 Å². The monoisotopic (exact) mass is 269 g/mol. The maximum Gasteiger partial charge on any atom is 0.250 e. The van der Waals surface area contributed by atoms with Crippen LogP contribution in [0.25, 0.3) is 23.5 Å². The van der Waals surface area contributed by atoms with Crippen LogP contribution < -0.4 is 5.73 Å². The number of anilines is 1. The smallest absolute Gasteiger partial charge is 0.250 e. The summed E-state index contributed by atoms with van der Waals surface area (Å²) in [4.78, 5) is 4.30. The van der Waals surface area contributed by atoms with E-state index >= 15 is 0 Å². The van der Waals surface area contributed by atoms with Gasteiger partial charge in [0.15, 0.2) is 0 Å². The van der Waals surface area contributed by atoms with Crippen LogP contribution in [0.3, 0.4) is 0 Å². The number of nitrogens with zero attached hydrogens (tertiary/aromatic N) is 2. The fraction of sp³-hybridized carbons (Fsp3) is 0. The van der Waals surface area contributed by atoms with Crippen LogP contribution in [0.4, 0.5) is 5.69 Å². The molecule has 3 rings (SSSR count). The van der Waals surface area contributed by atoms with Crippen LogP contribution in [0.5, 0.6) is 0 Å². The molecule has 2 heterocycles. The van der Waals surface area contributed by atoms with E-state index in [0.717, 1.165) is 16.8 Å². The quantitative estimate of drug-likeness (QED) is 0.738. The molecule has 0 unspecified atom stereocenters. The third kappa shape index (κ3) is 2.71. The van der Waals surface area contributed by atoms with E-state index in [1.54, 1.807) is 17.4 Å². The molecule has 0 aliphatic heterocycles. The lowest BCUT2D eigenvalue weighted by Crippen LogP contribution is -1.82. The van der Waals surface area contributed by atoms with Crippen LogP contribution in [-0.2, 0) is 0 Å². The minimum Gasteiger partial charge on any atom is -0.399 e. The van der Waals surface area contributed by atoms with Gasteiger partial charge in [-0.25, -0.2) is 0 Å². The van der Waals surface area contributed by atoms with Crippen molar-refractivity contribution < 1.29 is 4.52 Å². The van der Waals surface area contributed by atoms with Gasteiger partial charge in [-0.3, -0.25) is 0 Å². The predicted octanol–water partition coefficient (Wildman–Crippen LogP) is 3.55. The van der Waals surface area contributed by atoms with E-state index < -0.39 is 0 Å². The number of hydrogen-bond donors (Lipinski definition) is 1. The molecule has 0 radical (unpaired) electrons. The minimum absolute atomic E-state index is 0.484. The molecule has 5 heteroatoms. The SMILES string of the molecule is Nc1ccc(/C=C/c2nc(-c3ccsc3)no2)cc1. The van der Waals surface area contributed by atoms with Gasteiger partial charge in [0.05, 0.1) is 0 Å². The largest absolute Gasteiger partial charge is 0.399 e. The number of aromatic nitrogens is 2. The van der Waals surface area contributed by atoms with Gasteiger partial charge < -0.3 is 10.3 Å². The number of nitrogen functional groups attached to an aromatic ring is 1. The van der Waals surface area contributed by atoms with Crippen molar-refractivity contribution >= 4 is 29.2 Å². The highest BCUT2D eigenvalue weighted by Crippen LogP contribution is 2.19. The Balaban J connectivity index is 1.78. The van der Waals surface area contributed by atoms with Gasteiger partial charge in [-0.2, -0.15) is 16.3 Å². The van der Waals surface area contributed by atoms with Crippen LogP contribution in [0.2, 0.25) is 0 Å². The number of hydrogen-bond acceptors (Lipinski definition) is 5. The zero-order chi connectivity index (χ0) is 13.1. The second-order valence-electron chi connectivity index (χ2n) is 3.97. The second-order valence-corrected chi connectivity index (χ2v) is 4.75. The van der Waals surface area contributed by atoms with E-state index in [1.807, 2.05) is 47.2 Å². The molecule has 0 amide bonds. The number of rotatable bonds is 3. The number of benzene rings is 1. The first-order chi connectivity index (χ1) is 9.31. The fourth-order valence-electron chi connectivity index (χ4n) is 1.59. The molecule has 94 valence electrons. The lowest BCUT2D eigenvalue weighted by atomic mass is 10.2. The third-order valence-corrected chi connectivity index (χ3v) is 3.26. The lowest BCUT2D eigenvalue weighted by molar-refractivity contribution is 0.411. The lowest BCUT2D eigenvalue weighted by Gasteiger charge is -1.93. The maximum atomic E-state index is 5.63. The predicted molar refractivity (Wildman–Crippen MR) is 77.4 cm³/mol. The standard InChI is InChI=1S/C14H11N3OS/c15-12-4-1-10(2-5-12)3-6-13-16-14(17-18-13)11-7-8-19-9-11/h1-9H,15H2/b6-3+. The van der Waals surface area contributed by atoms with Gasteiger partial charge in [-0.05, 0) is 35.2 Å².